The first-order chi connectivity index (χ1) is 30.7. The molecule has 2 aliphatic heterocycles. The van der Waals surface area contributed by atoms with Crippen molar-refractivity contribution in [2.75, 3.05) is 20.1 Å². The van der Waals surface area contributed by atoms with Gasteiger partial charge in [-0.1, -0.05) is 116 Å². The number of nitrogens with one attached hydrogen (secondary N) is 4. The molecule has 0 saturated carbocycles. The van der Waals surface area contributed by atoms with Crippen LogP contribution in [0.1, 0.15) is 92.2 Å². The summed E-state index contributed by atoms with van der Waals surface area (Å²) in [5, 5.41) is 11.0. The molecule has 2 heterocycles. The van der Waals surface area contributed by atoms with Crippen LogP contribution in [0.5, 0.6) is 0 Å². The highest BCUT2D eigenvalue weighted by molar-refractivity contribution is 5.98. The number of likely N-dealkylation sites (tertiary alicyclic amines) is 2. The zero-order valence-corrected chi connectivity index (χ0v) is 39.4. The lowest BCUT2D eigenvalue weighted by molar-refractivity contribution is -0.153. The molecule has 8 amide bonds. The van der Waals surface area contributed by atoms with E-state index in [2.05, 4.69) is 21.3 Å². The Kier molecular flexibility index (Phi) is 18.9. The number of amides is 8. The average Bonchev–Trinajstić information content (AvgIpc) is 3.97. The average molecular weight is 903 g/mol. The summed E-state index contributed by atoms with van der Waals surface area (Å²) < 4.78 is 5.35. The van der Waals surface area contributed by atoms with Crippen molar-refractivity contribution in [3.05, 3.63) is 71.8 Å². The lowest BCUT2D eigenvalue weighted by Crippen LogP contribution is -2.61. The van der Waals surface area contributed by atoms with Crippen molar-refractivity contribution in [3.8, 4) is 0 Å². The fourth-order valence-electron chi connectivity index (χ4n) is 8.51. The largest absolute Gasteiger partial charge is 0.445 e. The molecule has 7 atom stereocenters. The molecule has 17 heteroatoms. The van der Waals surface area contributed by atoms with E-state index in [1.54, 1.807) is 55.4 Å². The Bertz CT molecular complexity index is 1980. The van der Waals surface area contributed by atoms with Crippen molar-refractivity contribution in [3.63, 3.8) is 0 Å². The molecule has 0 aromatic heterocycles. The Hall–Kier alpha value is -6.00. The van der Waals surface area contributed by atoms with Gasteiger partial charge in [0, 0.05) is 26.6 Å². The van der Waals surface area contributed by atoms with Crippen LogP contribution < -0.4 is 27.0 Å². The van der Waals surface area contributed by atoms with Crippen LogP contribution >= 0.6 is 0 Å². The fourth-order valence-corrected chi connectivity index (χ4v) is 8.51. The highest BCUT2D eigenvalue weighted by atomic mass is 16.5. The Morgan fingerprint density at radius 2 is 1.15 bits per heavy atom. The zero-order valence-electron chi connectivity index (χ0n) is 39.4. The van der Waals surface area contributed by atoms with Gasteiger partial charge in [0.1, 0.15) is 48.9 Å². The maximum absolute atomic E-state index is 14.6. The van der Waals surface area contributed by atoms with Gasteiger partial charge in [-0.05, 0) is 60.5 Å². The third-order valence-corrected chi connectivity index (χ3v) is 12.2. The molecular weight excluding hydrogens is 833 g/mol. The van der Waals surface area contributed by atoms with Crippen LogP contribution in [-0.4, -0.2) is 125 Å². The molecule has 0 unspecified atom stereocenters. The van der Waals surface area contributed by atoms with E-state index in [4.69, 9.17) is 10.5 Å². The SMILES string of the molecule is CC(C)[C@H](NC(=O)OCc1ccccc1)C(=O)N[C@H](C(=O)N(C)[C@H](C(=O)N1CCC[C@H]1C(=O)N1CCC[C@H]1C(=O)N[C@H](C(=O)N[C@@H](Cc1ccccc1)C(N)=O)C(C)C)C(C)C)C(C)C. The number of carbonyl (C=O) groups excluding carboxylic acids is 8. The second-order valence-corrected chi connectivity index (χ2v) is 18.6. The van der Waals surface area contributed by atoms with E-state index in [1.165, 1.54) is 21.7 Å². The minimum atomic E-state index is -1.06. The third-order valence-electron chi connectivity index (χ3n) is 12.2. The molecule has 0 bridgehead atoms. The Balaban J connectivity index is 1.44. The van der Waals surface area contributed by atoms with Gasteiger partial charge in [-0.3, -0.25) is 33.6 Å². The van der Waals surface area contributed by atoms with Gasteiger partial charge in [-0.15, -0.1) is 0 Å². The number of nitrogens with zero attached hydrogens (tertiary/aromatic N) is 3. The Labute approximate surface area is 383 Å². The lowest BCUT2D eigenvalue weighted by atomic mass is 9.96. The van der Waals surface area contributed by atoms with Gasteiger partial charge in [0.2, 0.25) is 41.4 Å². The highest BCUT2D eigenvalue weighted by Crippen LogP contribution is 2.28. The van der Waals surface area contributed by atoms with Crippen LogP contribution in [-0.2, 0) is 51.3 Å². The molecule has 356 valence electrons. The number of ether oxygens (including phenoxy) is 1. The standard InChI is InChI=1S/C48H70N8O9/c1-28(2)37(43(59)50-34(41(49)57)26-32-18-12-10-13-19-32)51-42(58)35-22-16-24-55(35)45(61)36-23-17-25-56(36)47(63)40(31(7)8)54(9)46(62)39(30(5)6)52-44(60)38(29(3)4)53-48(64)65-27-33-20-14-11-15-21-33/h10-15,18-21,28-31,34-40H,16-17,22-27H2,1-9H3,(H2,49,57)(H,50,59)(H,51,58)(H,52,60)(H,53,64)/t34-,35-,36-,37-,38-,39-,40-/m0/s1. The van der Waals surface area contributed by atoms with E-state index in [0.29, 0.717) is 25.7 Å². The van der Waals surface area contributed by atoms with Crippen molar-refractivity contribution in [2.24, 2.45) is 29.4 Å². The van der Waals surface area contributed by atoms with Gasteiger partial charge < -0.3 is 46.4 Å². The van der Waals surface area contributed by atoms with Crippen LogP contribution in [0.2, 0.25) is 0 Å². The van der Waals surface area contributed by atoms with E-state index in [9.17, 15) is 38.4 Å². The normalized spacial score (nSPS) is 18.4. The lowest BCUT2D eigenvalue weighted by Gasteiger charge is -2.38. The van der Waals surface area contributed by atoms with Crippen LogP contribution in [0, 0.1) is 23.7 Å². The molecule has 2 aromatic carbocycles. The fraction of sp³-hybridized carbons (Fsp3) is 0.583. The summed E-state index contributed by atoms with van der Waals surface area (Å²) in [6.45, 7) is 14.7. The highest BCUT2D eigenvalue weighted by Gasteiger charge is 2.46. The van der Waals surface area contributed by atoms with Crippen molar-refractivity contribution in [1.29, 1.82) is 0 Å². The van der Waals surface area contributed by atoms with Gasteiger partial charge in [-0.2, -0.15) is 0 Å². The molecule has 65 heavy (non-hydrogen) atoms. The van der Waals surface area contributed by atoms with Crippen LogP contribution in [0.3, 0.4) is 0 Å². The number of alkyl carbamates (subject to hydrolysis) is 1. The van der Waals surface area contributed by atoms with Gasteiger partial charge in [0.25, 0.3) is 0 Å². The number of nitrogens with two attached hydrogens (primary N) is 1. The minimum absolute atomic E-state index is 0.00911. The van der Waals surface area contributed by atoms with E-state index >= 15 is 0 Å². The maximum atomic E-state index is 14.6. The number of primary amides is 1. The van der Waals surface area contributed by atoms with E-state index in [0.717, 1.165) is 11.1 Å². The number of hydrogen-bond acceptors (Lipinski definition) is 9. The summed E-state index contributed by atoms with van der Waals surface area (Å²) in [6.07, 6.45) is 1.14. The summed E-state index contributed by atoms with van der Waals surface area (Å²) >= 11 is 0. The number of likely N-dealkylation sites (N-methyl/N-ethyl adjacent to an activating group) is 1. The third kappa shape index (κ3) is 13.8. The first-order valence-corrected chi connectivity index (χ1v) is 22.8. The molecule has 0 spiro atoms. The van der Waals surface area contributed by atoms with Crippen molar-refractivity contribution >= 4 is 47.4 Å². The van der Waals surface area contributed by atoms with Crippen molar-refractivity contribution in [2.45, 2.75) is 136 Å². The molecule has 0 radical (unpaired) electrons. The quantitative estimate of drug-likeness (QED) is 0.131. The topological polar surface area (TPSA) is 230 Å². The zero-order chi connectivity index (χ0) is 48.1. The number of carbonyl (C=O) groups is 8. The van der Waals surface area contributed by atoms with Crippen molar-refractivity contribution < 1.29 is 43.1 Å². The second kappa shape index (κ2) is 23.8. The first kappa shape index (κ1) is 51.6. The molecule has 6 N–H and O–H groups in total. The molecule has 17 nitrogen and oxygen atoms in total. The number of hydrogen-bond donors (Lipinski definition) is 5. The summed E-state index contributed by atoms with van der Waals surface area (Å²) in [5.74, 6) is -5.29. The van der Waals surface area contributed by atoms with Gasteiger partial charge in [-0.25, -0.2) is 4.79 Å². The molecule has 4 rings (SSSR count). The van der Waals surface area contributed by atoms with E-state index in [-0.39, 0.29) is 38.0 Å². The summed E-state index contributed by atoms with van der Waals surface area (Å²) in [5.41, 5.74) is 7.23. The van der Waals surface area contributed by atoms with Crippen LogP contribution in [0.4, 0.5) is 4.79 Å². The number of rotatable bonds is 20. The minimum Gasteiger partial charge on any atom is -0.445 e. The monoisotopic (exact) mass is 903 g/mol. The summed E-state index contributed by atoms with van der Waals surface area (Å²) in [6, 6.07) is 11.3. The predicted molar refractivity (Wildman–Crippen MR) is 244 cm³/mol. The molecule has 2 aliphatic rings. The number of benzene rings is 2. The first-order valence-electron chi connectivity index (χ1n) is 22.8. The molecule has 2 fully saturated rings. The predicted octanol–water partition coefficient (Wildman–Crippen LogP) is 2.90. The maximum Gasteiger partial charge on any atom is 0.408 e. The molecule has 0 aliphatic carbocycles. The Morgan fingerprint density at radius 1 is 0.646 bits per heavy atom. The van der Waals surface area contributed by atoms with Gasteiger partial charge >= 0.3 is 6.09 Å². The Morgan fingerprint density at radius 3 is 1.69 bits per heavy atom. The van der Waals surface area contributed by atoms with Crippen LogP contribution in [0.15, 0.2) is 60.7 Å². The van der Waals surface area contributed by atoms with Crippen molar-refractivity contribution in [1.82, 2.24) is 36.0 Å². The van der Waals surface area contributed by atoms with E-state index in [1.807, 2.05) is 60.7 Å². The van der Waals surface area contributed by atoms with E-state index < -0.39 is 102 Å². The van der Waals surface area contributed by atoms with Gasteiger partial charge in [0.15, 0.2) is 0 Å². The smallest absolute Gasteiger partial charge is 0.408 e. The van der Waals surface area contributed by atoms with Crippen LogP contribution in [0.25, 0.3) is 0 Å². The summed E-state index contributed by atoms with van der Waals surface area (Å²) in [4.78, 5) is 114. The molecule has 2 saturated heterocycles. The molecule has 2 aromatic rings. The van der Waals surface area contributed by atoms with Gasteiger partial charge in [0.05, 0.1) is 0 Å². The molecular formula is C48H70N8O9. The summed E-state index contributed by atoms with van der Waals surface area (Å²) in [7, 11) is 1.51. The second-order valence-electron chi connectivity index (χ2n) is 18.6.